The van der Waals surface area contributed by atoms with Crippen molar-refractivity contribution >= 4 is 5.78 Å². The number of hydrogen-bond acceptors (Lipinski definition) is 3. The highest BCUT2D eigenvalue weighted by molar-refractivity contribution is 5.88. The fourth-order valence-electron chi connectivity index (χ4n) is 2.71. The number of methoxy groups -OCH3 is 1. The molecule has 94 valence electrons. The Labute approximate surface area is 103 Å². The van der Waals surface area contributed by atoms with Crippen LogP contribution in [0.4, 0.5) is 0 Å². The molecule has 0 aromatic rings. The monoisotopic (exact) mass is 235 g/mol. The number of ether oxygens (including phenoxy) is 1. The lowest BCUT2D eigenvalue weighted by molar-refractivity contribution is -0.127. The lowest BCUT2D eigenvalue weighted by atomic mass is 9.76. The van der Waals surface area contributed by atoms with Crippen LogP contribution in [-0.4, -0.2) is 25.5 Å². The van der Waals surface area contributed by atoms with Crippen molar-refractivity contribution in [2.75, 3.05) is 13.7 Å². The second kappa shape index (κ2) is 5.50. The maximum Gasteiger partial charge on any atom is 0.153 e. The van der Waals surface area contributed by atoms with Crippen LogP contribution in [0.1, 0.15) is 25.7 Å². The van der Waals surface area contributed by atoms with Crippen molar-refractivity contribution in [3.63, 3.8) is 0 Å². The molecule has 2 unspecified atom stereocenters. The molecule has 2 rings (SSSR count). The van der Waals surface area contributed by atoms with Gasteiger partial charge in [-0.1, -0.05) is 12.5 Å². The van der Waals surface area contributed by atoms with E-state index in [1.807, 2.05) is 6.08 Å². The van der Waals surface area contributed by atoms with Gasteiger partial charge in [-0.25, -0.2) is 0 Å². The molecule has 1 heterocycles. The predicted octanol–water partition coefficient (Wildman–Crippen LogP) is 2.05. The van der Waals surface area contributed by atoms with E-state index in [1.165, 1.54) is 12.0 Å². The molecule has 3 nitrogen and oxygen atoms in total. The Kier molecular flexibility index (Phi) is 4.00. The molecule has 3 heteroatoms. The average molecular weight is 235 g/mol. The largest absolute Gasteiger partial charge is 0.504 e. The number of rotatable bonds is 5. The minimum atomic E-state index is -0.0281. The zero-order valence-electron chi connectivity index (χ0n) is 10.4. The normalized spacial score (nSPS) is 31.2. The van der Waals surface area contributed by atoms with Crippen LogP contribution in [0.25, 0.3) is 0 Å². The van der Waals surface area contributed by atoms with Gasteiger partial charge in [0.15, 0.2) is 5.78 Å². The SMILES string of the molecule is C=CCC1/C(=C/OC)CNC1C(=O)C1CCC1. The molecule has 0 amide bonds. The molecule has 17 heavy (non-hydrogen) atoms. The molecule has 2 atom stereocenters. The van der Waals surface area contributed by atoms with Gasteiger partial charge in [-0.2, -0.15) is 0 Å². The Morgan fingerprint density at radius 2 is 2.35 bits per heavy atom. The van der Waals surface area contributed by atoms with E-state index in [9.17, 15) is 4.79 Å². The molecule has 0 radical (unpaired) electrons. The standard InChI is InChI=1S/C14H21NO2/c1-3-5-12-11(9-17-2)8-15-13(12)14(16)10-6-4-7-10/h3,9-10,12-13,15H,1,4-8H2,2H3/b11-9+. The van der Waals surface area contributed by atoms with Gasteiger partial charge in [-0.15, -0.1) is 6.58 Å². The third-order valence-corrected chi connectivity index (χ3v) is 3.91. The van der Waals surface area contributed by atoms with E-state index in [2.05, 4.69) is 11.9 Å². The topological polar surface area (TPSA) is 38.3 Å². The Morgan fingerprint density at radius 1 is 1.59 bits per heavy atom. The second-order valence-corrected chi connectivity index (χ2v) is 4.95. The summed E-state index contributed by atoms with van der Waals surface area (Å²) in [6.07, 6.45) is 7.85. The number of hydrogen-bond donors (Lipinski definition) is 1. The van der Waals surface area contributed by atoms with Crippen molar-refractivity contribution in [3.8, 4) is 0 Å². The second-order valence-electron chi connectivity index (χ2n) is 4.95. The average Bonchev–Trinajstić information content (AvgIpc) is 2.60. The van der Waals surface area contributed by atoms with Gasteiger partial charge in [0, 0.05) is 18.4 Å². The summed E-state index contributed by atoms with van der Waals surface area (Å²) in [4.78, 5) is 12.3. The maximum absolute atomic E-state index is 12.3. The zero-order valence-corrected chi connectivity index (χ0v) is 10.4. The van der Waals surface area contributed by atoms with Gasteiger partial charge < -0.3 is 10.1 Å². The molecule has 0 aromatic carbocycles. The molecular weight excluding hydrogens is 214 g/mol. The molecule has 0 aromatic heterocycles. The summed E-state index contributed by atoms with van der Waals surface area (Å²) in [6, 6.07) is -0.0281. The quantitative estimate of drug-likeness (QED) is 0.585. The summed E-state index contributed by atoms with van der Waals surface area (Å²) in [5, 5.41) is 3.33. The minimum Gasteiger partial charge on any atom is -0.504 e. The van der Waals surface area contributed by atoms with E-state index in [-0.39, 0.29) is 12.0 Å². The smallest absolute Gasteiger partial charge is 0.153 e. The van der Waals surface area contributed by atoms with Gasteiger partial charge >= 0.3 is 0 Å². The zero-order chi connectivity index (χ0) is 12.3. The molecule has 1 aliphatic carbocycles. The maximum atomic E-state index is 12.3. The number of carbonyl (C=O) groups excluding carboxylic acids is 1. The van der Waals surface area contributed by atoms with Crippen LogP contribution < -0.4 is 5.32 Å². The third-order valence-electron chi connectivity index (χ3n) is 3.91. The van der Waals surface area contributed by atoms with E-state index in [0.29, 0.717) is 11.7 Å². The van der Waals surface area contributed by atoms with Crippen molar-refractivity contribution in [2.24, 2.45) is 11.8 Å². The molecule has 2 fully saturated rings. The summed E-state index contributed by atoms with van der Waals surface area (Å²) in [6.45, 7) is 4.54. The highest BCUT2D eigenvalue weighted by Crippen LogP contribution is 2.34. The van der Waals surface area contributed by atoms with E-state index in [4.69, 9.17) is 4.74 Å². The van der Waals surface area contributed by atoms with Gasteiger partial charge in [-0.3, -0.25) is 4.79 Å². The number of Topliss-reactive ketones (excluding diaryl/α,β-unsaturated/α-hetero) is 1. The van der Waals surface area contributed by atoms with Crippen LogP contribution in [0.2, 0.25) is 0 Å². The Hall–Kier alpha value is -1.09. The van der Waals surface area contributed by atoms with Crippen LogP contribution in [0.15, 0.2) is 24.5 Å². The number of nitrogens with one attached hydrogen (secondary N) is 1. The van der Waals surface area contributed by atoms with Crippen LogP contribution in [-0.2, 0) is 9.53 Å². The van der Waals surface area contributed by atoms with Crippen LogP contribution >= 0.6 is 0 Å². The molecule has 0 spiro atoms. The van der Waals surface area contributed by atoms with Crippen molar-refractivity contribution < 1.29 is 9.53 Å². The number of allylic oxidation sites excluding steroid dienone is 1. The van der Waals surface area contributed by atoms with Crippen molar-refractivity contribution in [1.82, 2.24) is 5.32 Å². The van der Waals surface area contributed by atoms with Crippen molar-refractivity contribution in [3.05, 3.63) is 24.5 Å². The van der Waals surface area contributed by atoms with Gasteiger partial charge in [0.2, 0.25) is 0 Å². The van der Waals surface area contributed by atoms with Gasteiger partial charge in [0.05, 0.1) is 19.4 Å². The molecule has 1 N–H and O–H groups in total. The van der Waals surface area contributed by atoms with Crippen LogP contribution in [0, 0.1) is 11.8 Å². The summed E-state index contributed by atoms with van der Waals surface area (Å²) < 4.78 is 5.08. The van der Waals surface area contributed by atoms with E-state index in [1.54, 1.807) is 13.4 Å². The first kappa shape index (κ1) is 12.4. The lowest BCUT2D eigenvalue weighted by Crippen LogP contribution is -2.41. The van der Waals surface area contributed by atoms with Crippen molar-refractivity contribution in [1.29, 1.82) is 0 Å². The van der Waals surface area contributed by atoms with Gasteiger partial charge in [0.1, 0.15) is 0 Å². The Morgan fingerprint density at radius 3 is 2.88 bits per heavy atom. The lowest BCUT2D eigenvalue weighted by Gasteiger charge is -2.29. The molecule has 1 aliphatic heterocycles. The number of carbonyl (C=O) groups is 1. The number of ketones is 1. The highest BCUT2D eigenvalue weighted by Gasteiger charge is 2.40. The minimum absolute atomic E-state index is 0.0281. The Bertz CT molecular complexity index is 331. The fraction of sp³-hybridized carbons (Fsp3) is 0.643. The summed E-state index contributed by atoms with van der Waals surface area (Å²) in [7, 11) is 1.65. The highest BCUT2D eigenvalue weighted by atomic mass is 16.5. The molecule has 1 saturated carbocycles. The van der Waals surface area contributed by atoms with Crippen LogP contribution in [0.5, 0.6) is 0 Å². The summed E-state index contributed by atoms with van der Waals surface area (Å²) in [5.74, 6) is 0.921. The molecule has 2 aliphatic rings. The molecule has 1 saturated heterocycles. The van der Waals surface area contributed by atoms with E-state index >= 15 is 0 Å². The van der Waals surface area contributed by atoms with E-state index < -0.39 is 0 Å². The molecule has 0 bridgehead atoms. The predicted molar refractivity (Wildman–Crippen MR) is 67.5 cm³/mol. The fourth-order valence-corrected chi connectivity index (χ4v) is 2.71. The molecular formula is C14H21NO2. The van der Waals surface area contributed by atoms with Gasteiger partial charge in [0.25, 0.3) is 0 Å². The summed E-state index contributed by atoms with van der Waals surface area (Å²) >= 11 is 0. The first-order valence-corrected chi connectivity index (χ1v) is 6.37. The summed E-state index contributed by atoms with van der Waals surface area (Å²) in [5.41, 5.74) is 1.19. The van der Waals surface area contributed by atoms with Gasteiger partial charge in [-0.05, 0) is 24.8 Å². The van der Waals surface area contributed by atoms with Crippen LogP contribution in [0.3, 0.4) is 0 Å². The Balaban J connectivity index is 2.08. The first-order chi connectivity index (χ1) is 8.27. The van der Waals surface area contributed by atoms with E-state index in [0.717, 1.165) is 25.8 Å². The third kappa shape index (κ3) is 2.44. The van der Waals surface area contributed by atoms with Crippen molar-refractivity contribution in [2.45, 2.75) is 31.7 Å². The first-order valence-electron chi connectivity index (χ1n) is 6.37.